The molecule has 5 unspecified atom stereocenters. The molecule has 0 heterocycles. The summed E-state index contributed by atoms with van der Waals surface area (Å²) in [6.45, 7) is 2.50. The van der Waals surface area contributed by atoms with Gasteiger partial charge in [-0.15, -0.1) is 0 Å². The summed E-state index contributed by atoms with van der Waals surface area (Å²) in [6, 6.07) is 0. The van der Waals surface area contributed by atoms with Crippen molar-refractivity contribution in [1.29, 1.82) is 0 Å². The van der Waals surface area contributed by atoms with E-state index < -0.39 is 91.5 Å². The highest BCUT2D eigenvalue weighted by Gasteiger charge is 2.29. The fourth-order valence-electron chi connectivity index (χ4n) is 8.57. The number of phosphoric ester groups is 2. The predicted molar refractivity (Wildman–Crippen MR) is 344 cm³/mol. The van der Waals surface area contributed by atoms with Crippen LogP contribution in [-0.2, 0) is 55.8 Å². The molecule has 0 spiro atoms. The minimum Gasteiger partial charge on any atom is -0.463 e. The van der Waals surface area contributed by atoms with E-state index in [0.29, 0.717) is 19.3 Å². The second kappa shape index (κ2) is 61.0. The van der Waals surface area contributed by atoms with Gasteiger partial charge in [-0.25, -0.2) is 9.13 Å². The Morgan fingerprint density at radius 3 is 1.00 bits per heavy atom. The largest absolute Gasteiger partial charge is 0.472 e. The lowest BCUT2D eigenvalue weighted by molar-refractivity contribution is -0.161. The standard InChI is InChI=1S/C67H118O16P2/c1-4-7-10-13-16-19-22-24-26-27-28-29-30-31-32-33-35-37-39-41-44-47-50-53-65(70)77-56-62(68)57-79-84(73,74)80-58-63(69)59-81-85(75,76)82-61-64(83-67(72)55-52-49-46-43-38-21-18-15-12-9-6-3)60-78-66(71)54-51-48-45-42-40-36-34-25-23-20-17-14-11-8-5-2/h7,10,16,19,24-26,28-29,31-32,34-35,37,62-64,68-69H,4-6,8-9,11-15,17-18,20-23,27,30,33,36,38-61H2,1-3H3,(H,73,74)(H,75,76)/b10-7-,19-16-,26-24-,29-28-,32-31-,34-25-,37-35-. The first kappa shape index (κ1) is 81.7. The maximum atomic E-state index is 12.8. The molecule has 0 aromatic heterocycles. The lowest BCUT2D eigenvalue weighted by Crippen LogP contribution is -2.30. The molecule has 0 saturated heterocycles. The quantitative estimate of drug-likeness (QED) is 0.0146. The highest BCUT2D eigenvalue weighted by atomic mass is 31.2. The maximum Gasteiger partial charge on any atom is 0.472 e. The molecule has 18 heteroatoms. The van der Waals surface area contributed by atoms with Gasteiger partial charge < -0.3 is 34.2 Å². The van der Waals surface area contributed by atoms with Crippen molar-refractivity contribution in [2.45, 2.75) is 283 Å². The number of aliphatic hydroxyl groups is 2. The van der Waals surface area contributed by atoms with Crippen LogP contribution in [0.25, 0.3) is 0 Å². The molecule has 0 aliphatic rings. The lowest BCUT2D eigenvalue weighted by Gasteiger charge is -2.21. The van der Waals surface area contributed by atoms with Gasteiger partial charge >= 0.3 is 33.6 Å². The molecule has 0 aliphatic heterocycles. The van der Waals surface area contributed by atoms with Crippen molar-refractivity contribution in [3.63, 3.8) is 0 Å². The van der Waals surface area contributed by atoms with Gasteiger partial charge in [0.1, 0.15) is 25.4 Å². The van der Waals surface area contributed by atoms with Gasteiger partial charge in [-0.05, 0) is 96.3 Å². The summed E-state index contributed by atoms with van der Waals surface area (Å²) < 4.78 is 60.7. The van der Waals surface area contributed by atoms with Gasteiger partial charge in [-0.1, -0.05) is 234 Å². The molecular formula is C67H118O16P2. The molecule has 16 nitrogen and oxygen atoms in total. The van der Waals surface area contributed by atoms with Gasteiger partial charge in [0.25, 0.3) is 0 Å². The Labute approximate surface area is 515 Å². The van der Waals surface area contributed by atoms with Crippen molar-refractivity contribution < 1.29 is 75.8 Å². The van der Waals surface area contributed by atoms with Crippen LogP contribution < -0.4 is 0 Å². The topological polar surface area (TPSA) is 231 Å². The van der Waals surface area contributed by atoms with E-state index in [1.54, 1.807) is 0 Å². The van der Waals surface area contributed by atoms with Crippen LogP contribution >= 0.6 is 15.6 Å². The van der Waals surface area contributed by atoms with E-state index in [-0.39, 0.29) is 19.3 Å². The third-order valence-electron chi connectivity index (χ3n) is 13.6. The molecule has 0 aromatic carbocycles. The van der Waals surface area contributed by atoms with Crippen LogP contribution in [0, 0.1) is 0 Å². The molecule has 0 fully saturated rings. The summed E-state index contributed by atoms with van der Waals surface area (Å²) >= 11 is 0. The molecule has 0 rings (SSSR count). The normalized spacial score (nSPS) is 14.9. The van der Waals surface area contributed by atoms with E-state index >= 15 is 0 Å². The Balaban J connectivity index is 4.57. The fraction of sp³-hybridized carbons (Fsp3) is 0.746. The number of esters is 3. The van der Waals surface area contributed by atoms with Gasteiger partial charge in [-0.2, -0.15) is 0 Å². The highest BCUT2D eigenvalue weighted by molar-refractivity contribution is 7.47. The molecule has 0 amide bonds. The molecule has 0 bridgehead atoms. The first-order valence-electron chi connectivity index (χ1n) is 32.9. The van der Waals surface area contributed by atoms with E-state index in [1.165, 1.54) is 77.0 Å². The van der Waals surface area contributed by atoms with Gasteiger partial charge in [0.05, 0.1) is 26.4 Å². The molecule has 492 valence electrons. The van der Waals surface area contributed by atoms with Crippen LogP contribution in [0.4, 0.5) is 0 Å². The number of phosphoric acid groups is 2. The highest BCUT2D eigenvalue weighted by Crippen LogP contribution is 2.45. The van der Waals surface area contributed by atoms with E-state index in [9.17, 15) is 43.5 Å². The number of unbranched alkanes of at least 4 members (excludes halogenated alkanes) is 25. The molecule has 0 saturated carbocycles. The number of ether oxygens (including phenoxy) is 3. The zero-order valence-corrected chi connectivity index (χ0v) is 54.8. The number of hydrogen-bond acceptors (Lipinski definition) is 14. The third kappa shape index (κ3) is 62.1. The van der Waals surface area contributed by atoms with Crippen LogP contribution in [0.1, 0.15) is 265 Å². The Kier molecular flexibility index (Phi) is 58.6. The number of rotatable bonds is 62. The van der Waals surface area contributed by atoms with E-state index in [4.69, 9.17) is 32.3 Å². The molecule has 0 radical (unpaired) electrons. The summed E-state index contributed by atoms with van der Waals surface area (Å²) in [5.74, 6) is -1.60. The number of hydrogen-bond donors (Lipinski definition) is 4. The smallest absolute Gasteiger partial charge is 0.463 e. The minimum absolute atomic E-state index is 0.106. The molecule has 85 heavy (non-hydrogen) atoms. The van der Waals surface area contributed by atoms with Crippen LogP contribution in [0.3, 0.4) is 0 Å². The average Bonchev–Trinajstić information content (AvgIpc) is 3.60. The predicted octanol–water partition coefficient (Wildman–Crippen LogP) is 17.8. The van der Waals surface area contributed by atoms with Crippen LogP contribution in [0.2, 0.25) is 0 Å². The second-order valence-corrected chi connectivity index (χ2v) is 24.8. The zero-order chi connectivity index (χ0) is 62.4. The van der Waals surface area contributed by atoms with Gasteiger partial charge in [0.2, 0.25) is 0 Å². The number of aliphatic hydroxyl groups excluding tert-OH is 2. The van der Waals surface area contributed by atoms with Gasteiger partial charge in [0, 0.05) is 19.3 Å². The first-order valence-corrected chi connectivity index (χ1v) is 35.9. The fourth-order valence-corrected chi connectivity index (χ4v) is 10.2. The summed E-state index contributed by atoms with van der Waals surface area (Å²) in [5.41, 5.74) is 0. The van der Waals surface area contributed by atoms with Crippen molar-refractivity contribution in [3.8, 4) is 0 Å². The average molecular weight is 1240 g/mol. The molecule has 5 atom stereocenters. The van der Waals surface area contributed by atoms with Crippen molar-refractivity contribution in [2.75, 3.05) is 39.6 Å². The molecular weight excluding hydrogens is 1120 g/mol. The second-order valence-electron chi connectivity index (χ2n) is 21.9. The van der Waals surface area contributed by atoms with Gasteiger partial charge in [-0.3, -0.25) is 32.5 Å². The molecule has 4 N–H and O–H groups in total. The van der Waals surface area contributed by atoms with E-state index in [0.717, 1.165) is 128 Å². The zero-order valence-electron chi connectivity index (χ0n) is 53.0. The Morgan fingerprint density at radius 1 is 0.341 bits per heavy atom. The van der Waals surface area contributed by atoms with E-state index in [2.05, 4.69) is 106 Å². The summed E-state index contributed by atoms with van der Waals surface area (Å²) in [5, 5.41) is 20.5. The van der Waals surface area contributed by atoms with E-state index in [1.807, 2.05) is 0 Å². The summed E-state index contributed by atoms with van der Waals surface area (Å²) in [6.07, 6.45) is 63.6. The Morgan fingerprint density at radius 2 is 0.624 bits per heavy atom. The Hall–Kier alpha value is -3.27. The monoisotopic (exact) mass is 1240 g/mol. The van der Waals surface area contributed by atoms with Crippen LogP contribution in [0.5, 0.6) is 0 Å². The minimum atomic E-state index is -4.92. The lowest BCUT2D eigenvalue weighted by atomic mass is 10.1. The number of allylic oxidation sites excluding steroid dienone is 14. The SMILES string of the molecule is CC/C=C\C/C=C\C/C=C\C/C=C\C/C=C\C/C=C\CCCCCCC(=O)OCC(O)COP(=O)(O)OCC(O)COP(=O)(O)OCC(COC(=O)CCCCCCC/C=C\CCCCCCCC)OC(=O)CCCCCCCCCCCCC. The summed E-state index contributed by atoms with van der Waals surface area (Å²) in [7, 11) is -9.77. The molecule has 0 aromatic rings. The first-order chi connectivity index (χ1) is 41.2. The van der Waals surface area contributed by atoms with Crippen LogP contribution in [-0.4, -0.2) is 95.9 Å². The summed E-state index contributed by atoms with van der Waals surface area (Å²) in [4.78, 5) is 58.2. The molecule has 0 aliphatic carbocycles. The van der Waals surface area contributed by atoms with Crippen LogP contribution in [0.15, 0.2) is 85.1 Å². The van der Waals surface area contributed by atoms with Gasteiger partial charge in [0.15, 0.2) is 6.10 Å². The van der Waals surface area contributed by atoms with Crippen molar-refractivity contribution in [2.24, 2.45) is 0 Å². The Bertz CT molecular complexity index is 1900. The number of carbonyl (C=O) groups excluding carboxylic acids is 3. The maximum absolute atomic E-state index is 12.8. The number of carbonyl (C=O) groups is 3. The van der Waals surface area contributed by atoms with Crippen molar-refractivity contribution >= 4 is 33.6 Å². The van der Waals surface area contributed by atoms with Crippen molar-refractivity contribution in [1.82, 2.24) is 0 Å². The third-order valence-corrected chi connectivity index (χ3v) is 15.5. The van der Waals surface area contributed by atoms with Crippen molar-refractivity contribution in [3.05, 3.63) is 85.1 Å².